The van der Waals surface area contributed by atoms with Gasteiger partial charge in [-0.1, -0.05) is 12.1 Å². The summed E-state index contributed by atoms with van der Waals surface area (Å²) in [5, 5.41) is 5.15. The number of urea groups is 1. The number of para-hydroxylation sites is 2. The van der Waals surface area contributed by atoms with Crippen molar-refractivity contribution in [3.05, 3.63) is 53.5 Å². The van der Waals surface area contributed by atoms with Crippen molar-refractivity contribution in [2.75, 3.05) is 23.4 Å². The molecule has 150 valence electrons. The number of ether oxygens (including phenoxy) is 1. The molecule has 1 aliphatic rings. The minimum atomic E-state index is -0.369. The van der Waals surface area contributed by atoms with Crippen LogP contribution >= 0.6 is 11.3 Å². The number of anilines is 2. The minimum absolute atomic E-state index is 0.0851. The number of fused-ring (bicyclic) bond motifs is 2. The lowest BCUT2D eigenvalue weighted by Gasteiger charge is -2.29. The summed E-state index contributed by atoms with van der Waals surface area (Å²) < 4.78 is 11.3. The first-order chi connectivity index (χ1) is 14.6. The van der Waals surface area contributed by atoms with Gasteiger partial charge in [-0.05, 0) is 30.3 Å². The summed E-state index contributed by atoms with van der Waals surface area (Å²) in [5.41, 5.74) is 3.11. The number of hydrogen-bond acceptors (Lipinski definition) is 7. The number of thiazole rings is 1. The highest BCUT2D eigenvalue weighted by atomic mass is 32.1. The van der Waals surface area contributed by atoms with Crippen LogP contribution in [0.4, 0.5) is 16.5 Å². The van der Waals surface area contributed by atoms with Crippen molar-refractivity contribution >= 4 is 46.0 Å². The number of nitrogens with zero attached hydrogens (tertiary/aromatic N) is 3. The van der Waals surface area contributed by atoms with E-state index in [1.54, 1.807) is 22.4 Å². The maximum absolute atomic E-state index is 12.9. The molecule has 0 saturated heterocycles. The first-order valence-electron chi connectivity index (χ1n) is 9.26. The molecule has 0 atom stereocenters. The minimum Gasteiger partial charge on any atom is -0.490 e. The Morgan fingerprint density at radius 3 is 2.83 bits per heavy atom. The number of carbonyl (C=O) groups excluding carboxylic acids is 2. The number of rotatable bonds is 3. The van der Waals surface area contributed by atoms with Gasteiger partial charge >= 0.3 is 12.0 Å². The average molecular weight is 420 g/mol. The molecule has 0 aliphatic carbocycles. The van der Waals surface area contributed by atoms with E-state index in [0.717, 1.165) is 5.56 Å². The van der Waals surface area contributed by atoms with Crippen molar-refractivity contribution in [3.8, 4) is 16.3 Å². The molecule has 30 heavy (non-hydrogen) atoms. The number of benzene rings is 2. The predicted molar refractivity (Wildman–Crippen MR) is 113 cm³/mol. The van der Waals surface area contributed by atoms with E-state index < -0.39 is 0 Å². The molecule has 1 N–H and O–H groups in total. The van der Waals surface area contributed by atoms with Gasteiger partial charge in [-0.25, -0.2) is 9.78 Å². The molecule has 1 aliphatic heterocycles. The van der Waals surface area contributed by atoms with Crippen LogP contribution in [0.15, 0.2) is 52.3 Å². The fourth-order valence-electron chi connectivity index (χ4n) is 3.21. The third kappa shape index (κ3) is 3.29. The molecule has 2 aromatic heterocycles. The Hall–Kier alpha value is -3.72. The highest BCUT2D eigenvalue weighted by Crippen LogP contribution is 2.37. The van der Waals surface area contributed by atoms with Gasteiger partial charge in [0, 0.05) is 17.9 Å². The highest BCUT2D eigenvalue weighted by molar-refractivity contribution is 7.13. The molecule has 8 nitrogen and oxygen atoms in total. The fraction of sp³-hybridized carbons (Fsp3) is 0.143. The number of aromatic nitrogens is 2. The van der Waals surface area contributed by atoms with Crippen LogP contribution in [-0.2, 0) is 0 Å². The van der Waals surface area contributed by atoms with E-state index in [4.69, 9.17) is 9.15 Å². The maximum Gasteiger partial charge on any atom is 0.330 e. The van der Waals surface area contributed by atoms with E-state index in [1.807, 2.05) is 30.3 Å². The lowest BCUT2D eigenvalue weighted by Crippen LogP contribution is -2.40. The Morgan fingerprint density at radius 2 is 2.03 bits per heavy atom. The van der Waals surface area contributed by atoms with Crippen molar-refractivity contribution in [3.63, 3.8) is 0 Å². The first-order valence-corrected chi connectivity index (χ1v) is 10.1. The van der Waals surface area contributed by atoms with Gasteiger partial charge in [0.1, 0.15) is 28.6 Å². The monoisotopic (exact) mass is 420 g/mol. The zero-order valence-corrected chi connectivity index (χ0v) is 16.7. The second-order valence-electron chi connectivity index (χ2n) is 6.69. The summed E-state index contributed by atoms with van der Waals surface area (Å²) in [4.78, 5) is 34.7. The number of Topliss-reactive ketones (excluding diaryl/α,β-unsaturated/α-hetero) is 1. The molecule has 0 bridgehead atoms. The number of amides is 2. The number of carbonyl (C=O) groups is 2. The Bertz CT molecular complexity index is 1250. The molecule has 3 heterocycles. The van der Waals surface area contributed by atoms with E-state index in [0.29, 0.717) is 46.4 Å². The molecular weight excluding hydrogens is 404 g/mol. The van der Waals surface area contributed by atoms with Crippen molar-refractivity contribution < 1.29 is 18.7 Å². The van der Waals surface area contributed by atoms with Crippen LogP contribution in [0.2, 0.25) is 0 Å². The van der Waals surface area contributed by atoms with Gasteiger partial charge in [-0.15, -0.1) is 11.3 Å². The summed E-state index contributed by atoms with van der Waals surface area (Å²) in [6.45, 7) is 2.23. The van der Waals surface area contributed by atoms with Crippen molar-refractivity contribution in [2.24, 2.45) is 0 Å². The second kappa shape index (κ2) is 7.27. The van der Waals surface area contributed by atoms with Gasteiger partial charge in [0.2, 0.25) is 0 Å². The van der Waals surface area contributed by atoms with Crippen molar-refractivity contribution in [1.29, 1.82) is 0 Å². The Balaban J connectivity index is 1.44. The molecular formula is C21H16N4O4S. The van der Waals surface area contributed by atoms with E-state index >= 15 is 0 Å². The normalized spacial score (nSPS) is 13.0. The Morgan fingerprint density at radius 1 is 1.17 bits per heavy atom. The largest absolute Gasteiger partial charge is 0.490 e. The first kappa shape index (κ1) is 18.3. The van der Waals surface area contributed by atoms with E-state index in [-0.39, 0.29) is 17.8 Å². The number of ketones is 1. The lowest BCUT2D eigenvalue weighted by molar-refractivity contribution is 0.101. The summed E-state index contributed by atoms with van der Waals surface area (Å²) in [6, 6.07) is 12.6. The van der Waals surface area contributed by atoms with Gasteiger partial charge in [0.15, 0.2) is 11.4 Å². The smallest absolute Gasteiger partial charge is 0.330 e. The van der Waals surface area contributed by atoms with Gasteiger partial charge in [0.05, 0.1) is 12.2 Å². The van der Waals surface area contributed by atoms with Crippen LogP contribution in [0, 0.1) is 0 Å². The van der Waals surface area contributed by atoms with Crippen LogP contribution in [0.1, 0.15) is 17.4 Å². The topological polar surface area (TPSA) is 97.6 Å². The van der Waals surface area contributed by atoms with Crippen LogP contribution < -0.4 is 15.0 Å². The quantitative estimate of drug-likeness (QED) is 0.487. The van der Waals surface area contributed by atoms with E-state index in [9.17, 15) is 9.59 Å². The fourth-order valence-corrected chi connectivity index (χ4v) is 4.07. The van der Waals surface area contributed by atoms with Gasteiger partial charge in [-0.2, -0.15) is 4.98 Å². The van der Waals surface area contributed by atoms with Crippen molar-refractivity contribution in [2.45, 2.75) is 6.92 Å². The molecule has 0 saturated carbocycles. The molecule has 0 spiro atoms. The Labute approximate surface area is 175 Å². The summed E-state index contributed by atoms with van der Waals surface area (Å²) in [7, 11) is 0. The highest BCUT2D eigenvalue weighted by Gasteiger charge is 2.26. The summed E-state index contributed by atoms with van der Waals surface area (Å²) in [6.07, 6.45) is 0. The number of oxazole rings is 1. The zero-order chi connectivity index (χ0) is 20.7. The van der Waals surface area contributed by atoms with Crippen LogP contribution in [0.25, 0.3) is 21.7 Å². The molecule has 5 rings (SSSR count). The summed E-state index contributed by atoms with van der Waals surface area (Å²) >= 11 is 1.38. The SMILES string of the molecule is CC(=O)c1csc(-c2ccc3c(c2)N(C(=O)Nc2nc4ccccc4o2)CCO3)n1. The van der Waals surface area contributed by atoms with Gasteiger partial charge in [-0.3, -0.25) is 15.0 Å². The molecule has 2 aromatic carbocycles. The molecule has 9 heteroatoms. The van der Waals surface area contributed by atoms with Crippen LogP contribution in [0.5, 0.6) is 5.75 Å². The van der Waals surface area contributed by atoms with Crippen molar-refractivity contribution in [1.82, 2.24) is 9.97 Å². The number of hydrogen-bond donors (Lipinski definition) is 1. The second-order valence-corrected chi connectivity index (χ2v) is 7.55. The third-order valence-electron chi connectivity index (χ3n) is 4.69. The average Bonchev–Trinajstić information content (AvgIpc) is 3.40. The third-order valence-corrected chi connectivity index (χ3v) is 5.58. The molecule has 0 fully saturated rings. The van der Waals surface area contributed by atoms with Crippen LogP contribution in [-0.4, -0.2) is 34.9 Å². The van der Waals surface area contributed by atoms with Gasteiger partial charge in [0.25, 0.3) is 0 Å². The number of nitrogens with one attached hydrogen (secondary N) is 1. The molecule has 0 unspecified atom stereocenters. The molecule has 4 aromatic rings. The molecule has 0 radical (unpaired) electrons. The lowest BCUT2D eigenvalue weighted by atomic mass is 10.1. The van der Waals surface area contributed by atoms with Gasteiger partial charge < -0.3 is 9.15 Å². The Kier molecular flexibility index (Phi) is 4.44. The zero-order valence-electron chi connectivity index (χ0n) is 15.9. The maximum atomic E-state index is 12.9. The van der Waals surface area contributed by atoms with E-state index in [2.05, 4.69) is 15.3 Å². The standard InChI is InChI=1S/C21H16N4O4S/c1-12(26)15-11-30-19(22-15)13-6-7-18-16(10-13)25(8-9-28-18)21(27)24-20-23-14-4-2-3-5-17(14)29-20/h2-7,10-11H,8-9H2,1H3,(H,23,24,27). The predicted octanol–water partition coefficient (Wildman–Crippen LogP) is 4.58. The summed E-state index contributed by atoms with van der Waals surface area (Å²) in [5.74, 6) is 0.513. The van der Waals surface area contributed by atoms with E-state index in [1.165, 1.54) is 18.3 Å². The molecule has 2 amide bonds. The van der Waals surface area contributed by atoms with Crippen LogP contribution in [0.3, 0.4) is 0 Å².